The predicted octanol–water partition coefficient (Wildman–Crippen LogP) is 2.12. The van der Waals surface area contributed by atoms with Crippen LogP contribution in [0.1, 0.15) is 40.5 Å². The molecule has 102 valence electrons. The Morgan fingerprint density at radius 1 is 1.41 bits per heavy atom. The maximum absolute atomic E-state index is 5.60. The first-order valence-electron chi connectivity index (χ1n) is 7.14. The maximum atomic E-state index is 5.60. The van der Waals surface area contributed by atoms with Crippen molar-refractivity contribution in [1.82, 2.24) is 10.2 Å². The molecule has 1 fully saturated rings. The summed E-state index contributed by atoms with van der Waals surface area (Å²) in [6, 6.07) is 0. The van der Waals surface area contributed by atoms with Crippen molar-refractivity contribution in [2.24, 2.45) is 5.41 Å². The van der Waals surface area contributed by atoms with E-state index in [0.29, 0.717) is 11.5 Å². The first-order chi connectivity index (χ1) is 8.09. The van der Waals surface area contributed by atoms with Gasteiger partial charge in [-0.3, -0.25) is 4.90 Å². The van der Waals surface area contributed by atoms with Gasteiger partial charge in [0.1, 0.15) is 0 Å². The Morgan fingerprint density at radius 3 is 2.76 bits per heavy atom. The van der Waals surface area contributed by atoms with Gasteiger partial charge in [-0.15, -0.1) is 0 Å². The first-order valence-corrected chi connectivity index (χ1v) is 7.14. The number of nitrogens with zero attached hydrogens (tertiary/aromatic N) is 1. The summed E-state index contributed by atoms with van der Waals surface area (Å²) in [5.74, 6) is 0. The fraction of sp³-hybridized carbons (Fsp3) is 1.00. The van der Waals surface area contributed by atoms with Crippen molar-refractivity contribution < 1.29 is 4.74 Å². The first kappa shape index (κ1) is 14.9. The topological polar surface area (TPSA) is 24.5 Å². The number of hydrogen-bond acceptors (Lipinski definition) is 3. The molecule has 0 spiro atoms. The third kappa shape index (κ3) is 5.36. The third-order valence-corrected chi connectivity index (χ3v) is 3.76. The second kappa shape index (κ2) is 7.34. The van der Waals surface area contributed by atoms with E-state index in [-0.39, 0.29) is 0 Å². The van der Waals surface area contributed by atoms with E-state index in [1.165, 1.54) is 19.4 Å². The highest BCUT2D eigenvalue weighted by molar-refractivity contribution is 4.81. The van der Waals surface area contributed by atoms with E-state index < -0.39 is 0 Å². The highest BCUT2D eigenvalue weighted by Crippen LogP contribution is 2.22. The highest BCUT2D eigenvalue weighted by Gasteiger charge is 2.27. The Kier molecular flexibility index (Phi) is 6.45. The van der Waals surface area contributed by atoms with Gasteiger partial charge in [-0.25, -0.2) is 0 Å². The molecule has 1 heterocycles. The average molecular weight is 242 g/mol. The van der Waals surface area contributed by atoms with Crippen molar-refractivity contribution in [2.45, 2.75) is 46.6 Å². The van der Waals surface area contributed by atoms with Crippen molar-refractivity contribution in [3.63, 3.8) is 0 Å². The molecule has 3 heteroatoms. The number of nitrogens with one attached hydrogen (secondary N) is 1. The van der Waals surface area contributed by atoms with Crippen LogP contribution in [0.4, 0.5) is 0 Å². The van der Waals surface area contributed by atoms with Crippen LogP contribution in [0, 0.1) is 5.41 Å². The van der Waals surface area contributed by atoms with E-state index >= 15 is 0 Å². The van der Waals surface area contributed by atoms with E-state index in [2.05, 4.69) is 37.9 Å². The average Bonchev–Trinajstić information content (AvgIpc) is 2.29. The van der Waals surface area contributed by atoms with Crippen LogP contribution in [-0.2, 0) is 4.74 Å². The lowest BCUT2D eigenvalue weighted by atomic mass is 9.86. The molecule has 1 aliphatic heterocycles. The molecule has 1 saturated heterocycles. The van der Waals surface area contributed by atoms with Gasteiger partial charge in [0.25, 0.3) is 0 Å². The Bertz CT molecular complexity index is 210. The monoisotopic (exact) mass is 242 g/mol. The largest absolute Gasteiger partial charge is 0.376 e. The summed E-state index contributed by atoms with van der Waals surface area (Å²) in [5.41, 5.74) is 0.395. The minimum Gasteiger partial charge on any atom is -0.376 e. The predicted molar refractivity (Wildman–Crippen MR) is 73.4 cm³/mol. The molecule has 2 atom stereocenters. The fourth-order valence-electron chi connectivity index (χ4n) is 2.43. The standard InChI is InChI=1S/C14H30N2O/c1-5-7-15-11-14(4,6-2)12-16-8-9-17-13(3)10-16/h13,15H,5-12H2,1-4H3. The fourth-order valence-corrected chi connectivity index (χ4v) is 2.43. The summed E-state index contributed by atoms with van der Waals surface area (Å²) < 4.78 is 5.60. The molecule has 0 radical (unpaired) electrons. The number of morpholine rings is 1. The highest BCUT2D eigenvalue weighted by atomic mass is 16.5. The zero-order valence-corrected chi connectivity index (χ0v) is 12.1. The van der Waals surface area contributed by atoms with Crippen LogP contribution < -0.4 is 5.32 Å². The summed E-state index contributed by atoms with van der Waals surface area (Å²) in [7, 11) is 0. The van der Waals surface area contributed by atoms with Crippen LogP contribution in [0.2, 0.25) is 0 Å². The van der Waals surface area contributed by atoms with Crippen LogP contribution in [0.3, 0.4) is 0 Å². The molecule has 0 aromatic heterocycles. The second-order valence-electron chi connectivity index (χ2n) is 5.76. The summed E-state index contributed by atoms with van der Waals surface area (Å²) >= 11 is 0. The van der Waals surface area contributed by atoms with Crippen molar-refractivity contribution >= 4 is 0 Å². The Hall–Kier alpha value is -0.120. The van der Waals surface area contributed by atoms with Gasteiger partial charge in [0.2, 0.25) is 0 Å². The second-order valence-corrected chi connectivity index (χ2v) is 5.76. The van der Waals surface area contributed by atoms with Crippen LogP contribution in [0.25, 0.3) is 0 Å². The van der Waals surface area contributed by atoms with Gasteiger partial charge in [0.05, 0.1) is 12.7 Å². The smallest absolute Gasteiger partial charge is 0.0674 e. The quantitative estimate of drug-likeness (QED) is 0.692. The van der Waals surface area contributed by atoms with Gasteiger partial charge in [-0.2, -0.15) is 0 Å². The van der Waals surface area contributed by atoms with E-state index in [9.17, 15) is 0 Å². The lowest BCUT2D eigenvalue weighted by Crippen LogP contribution is -2.48. The molecule has 1 N–H and O–H groups in total. The molecular formula is C14H30N2O. The SMILES string of the molecule is CCCNCC(C)(CC)CN1CCOC(C)C1. The van der Waals surface area contributed by atoms with Crippen molar-refractivity contribution in [1.29, 1.82) is 0 Å². The number of ether oxygens (including phenoxy) is 1. The Morgan fingerprint density at radius 2 is 2.18 bits per heavy atom. The molecule has 0 aliphatic carbocycles. The number of hydrogen-bond donors (Lipinski definition) is 1. The van der Waals surface area contributed by atoms with Gasteiger partial charge in [-0.1, -0.05) is 20.8 Å². The summed E-state index contributed by atoms with van der Waals surface area (Å²) in [6.45, 7) is 15.6. The van der Waals surface area contributed by atoms with Gasteiger partial charge in [-0.05, 0) is 31.7 Å². The minimum atomic E-state index is 0.395. The summed E-state index contributed by atoms with van der Waals surface area (Å²) in [6.07, 6.45) is 2.84. The van der Waals surface area contributed by atoms with Gasteiger partial charge >= 0.3 is 0 Å². The normalized spacial score (nSPS) is 25.8. The molecule has 2 unspecified atom stereocenters. The molecule has 0 saturated carbocycles. The van der Waals surface area contributed by atoms with Crippen molar-refractivity contribution in [2.75, 3.05) is 39.3 Å². The molecule has 3 nitrogen and oxygen atoms in total. The molecule has 1 aliphatic rings. The molecule has 0 aromatic carbocycles. The van der Waals surface area contributed by atoms with Crippen molar-refractivity contribution in [3.8, 4) is 0 Å². The number of rotatable bonds is 7. The minimum absolute atomic E-state index is 0.395. The molecule has 0 bridgehead atoms. The van der Waals surface area contributed by atoms with E-state index in [0.717, 1.165) is 32.8 Å². The zero-order chi connectivity index (χ0) is 12.7. The Balaban J connectivity index is 2.37. The van der Waals surface area contributed by atoms with Gasteiger partial charge < -0.3 is 10.1 Å². The zero-order valence-electron chi connectivity index (χ0n) is 12.1. The van der Waals surface area contributed by atoms with Crippen LogP contribution >= 0.6 is 0 Å². The molecule has 0 aromatic rings. The summed E-state index contributed by atoms with van der Waals surface area (Å²) in [4.78, 5) is 2.56. The lowest BCUT2D eigenvalue weighted by Gasteiger charge is -2.38. The molecule has 1 rings (SSSR count). The van der Waals surface area contributed by atoms with Crippen molar-refractivity contribution in [3.05, 3.63) is 0 Å². The van der Waals surface area contributed by atoms with Crippen LogP contribution in [0.15, 0.2) is 0 Å². The summed E-state index contributed by atoms with van der Waals surface area (Å²) in [5, 5.41) is 3.57. The maximum Gasteiger partial charge on any atom is 0.0674 e. The van der Waals surface area contributed by atoms with E-state index in [1.807, 2.05) is 0 Å². The van der Waals surface area contributed by atoms with Crippen LogP contribution in [-0.4, -0.2) is 50.3 Å². The van der Waals surface area contributed by atoms with E-state index in [1.54, 1.807) is 0 Å². The molecule has 0 amide bonds. The third-order valence-electron chi connectivity index (χ3n) is 3.76. The molecular weight excluding hydrogens is 212 g/mol. The van der Waals surface area contributed by atoms with Crippen LogP contribution in [0.5, 0.6) is 0 Å². The lowest BCUT2D eigenvalue weighted by molar-refractivity contribution is -0.0310. The Labute approximate surface area is 107 Å². The van der Waals surface area contributed by atoms with E-state index in [4.69, 9.17) is 4.74 Å². The molecule has 17 heavy (non-hydrogen) atoms. The van der Waals surface area contributed by atoms with Gasteiger partial charge in [0.15, 0.2) is 0 Å². The van der Waals surface area contributed by atoms with Gasteiger partial charge in [0, 0.05) is 26.2 Å².